The number of hydrogen-bond acceptors (Lipinski definition) is 2. The Morgan fingerprint density at radius 3 is 2.80 bits per heavy atom. The molecular formula is C11H14BrFO2. The Balaban J connectivity index is 2.28. The van der Waals surface area contributed by atoms with Crippen LogP contribution in [-0.4, -0.2) is 19.8 Å². The van der Waals surface area contributed by atoms with E-state index in [2.05, 4.69) is 15.9 Å². The van der Waals surface area contributed by atoms with E-state index in [0.717, 1.165) is 6.42 Å². The lowest BCUT2D eigenvalue weighted by atomic mass is 10.3. The third kappa shape index (κ3) is 4.62. The van der Waals surface area contributed by atoms with Gasteiger partial charge in [0.1, 0.15) is 11.6 Å². The third-order valence-corrected chi connectivity index (χ3v) is 2.44. The van der Waals surface area contributed by atoms with E-state index in [4.69, 9.17) is 9.47 Å². The molecule has 84 valence electrons. The predicted octanol–water partition coefficient (Wildman–Crippen LogP) is 3.39. The van der Waals surface area contributed by atoms with Gasteiger partial charge in [-0.25, -0.2) is 4.39 Å². The van der Waals surface area contributed by atoms with Crippen molar-refractivity contribution in [1.29, 1.82) is 0 Å². The molecule has 1 aromatic carbocycles. The van der Waals surface area contributed by atoms with E-state index in [9.17, 15) is 4.39 Å². The van der Waals surface area contributed by atoms with Gasteiger partial charge in [0.15, 0.2) is 0 Å². The largest absolute Gasteiger partial charge is 0.493 e. The van der Waals surface area contributed by atoms with E-state index >= 15 is 0 Å². The summed E-state index contributed by atoms with van der Waals surface area (Å²) in [4.78, 5) is 0. The van der Waals surface area contributed by atoms with Crippen molar-refractivity contribution >= 4 is 15.9 Å². The molecule has 0 heterocycles. The molecule has 0 bridgehead atoms. The molecule has 0 saturated carbocycles. The second-order valence-electron chi connectivity index (χ2n) is 2.97. The summed E-state index contributed by atoms with van der Waals surface area (Å²) in [6, 6.07) is 4.73. The molecule has 0 spiro atoms. The van der Waals surface area contributed by atoms with E-state index in [1.807, 2.05) is 6.92 Å². The first kappa shape index (κ1) is 12.5. The van der Waals surface area contributed by atoms with Gasteiger partial charge in [-0.1, -0.05) is 0 Å². The average Bonchev–Trinajstić information content (AvgIpc) is 2.23. The minimum absolute atomic E-state index is 0.308. The molecule has 0 atom stereocenters. The van der Waals surface area contributed by atoms with Gasteiger partial charge < -0.3 is 9.47 Å². The van der Waals surface area contributed by atoms with Crippen LogP contribution in [0, 0.1) is 5.82 Å². The minimum atomic E-state index is -0.308. The third-order valence-electron chi connectivity index (χ3n) is 1.80. The van der Waals surface area contributed by atoms with E-state index in [1.165, 1.54) is 6.07 Å². The molecule has 0 fully saturated rings. The average molecular weight is 277 g/mol. The van der Waals surface area contributed by atoms with Crippen LogP contribution in [0.15, 0.2) is 22.7 Å². The Labute approximate surface area is 97.5 Å². The Morgan fingerprint density at radius 2 is 2.13 bits per heavy atom. The summed E-state index contributed by atoms with van der Waals surface area (Å²) in [5.41, 5.74) is 0. The summed E-state index contributed by atoms with van der Waals surface area (Å²) in [6.45, 7) is 3.88. The monoisotopic (exact) mass is 276 g/mol. The van der Waals surface area contributed by atoms with Crippen LogP contribution >= 0.6 is 15.9 Å². The first-order valence-corrected chi connectivity index (χ1v) is 5.69. The number of benzene rings is 1. The van der Waals surface area contributed by atoms with Crippen LogP contribution in [0.2, 0.25) is 0 Å². The van der Waals surface area contributed by atoms with Gasteiger partial charge in [0.2, 0.25) is 0 Å². The normalized spacial score (nSPS) is 10.3. The van der Waals surface area contributed by atoms with Gasteiger partial charge in [-0.3, -0.25) is 0 Å². The molecule has 1 rings (SSSR count). The fourth-order valence-electron chi connectivity index (χ4n) is 1.06. The first-order chi connectivity index (χ1) is 7.24. The molecule has 0 aliphatic carbocycles. The zero-order valence-corrected chi connectivity index (χ0v) is 10.2. The zero-order valence-electron chi connectivity index (χ0n) is 8.63. The second kappa shape index (κ2) is 6.80. The molecular weight excluding hydrogens is 263 g/mol. The van der Waals surface area contributed by atoms with Gasteiger partial charge in [0.25, 0.3) is 0 Å². The van der Waals surface area contributed by atoms with E-state index < -0.39 is 0 Å². The molecule has 0 aromatic heterocycles. The van der Waals surface area contributed by atoms with Gasteiger partial charge >= 0.3 is 0 Å². The van der Waals surface area contributed by atoms with Crippen molar-refractivity contribution in [1.82, 2.24) is 0 Å². The molecule has 0 aliphatic rings. The number of hydrogen-bond donors (Lipinski definition) is 0. The van der Waals surface area contributed by atoms with Gasteiger partial charge in [0, 0.05) is 25.7 Å². The quantitative estimate of drug-likeness (QED) is 0.742. The van der Waals surface area contributed by atoms with Gasteiger partial charge in [-0.15, -0.1) is 0 Å². The maximum absolute atomic E-state index is 13.1. The Kier molecular flexibility index (Phi) is 5.65. The first-order valence-electron chi connectivity index (χ1n) is 4.89. The van der Waals surface area contributed by atoms with Crippen molar-refractivity contribution < 1.29 is 13.9 Å². The molecule has 0 unspecified atom stereocenters. The Hall–Kier alpha value is -0.610. The summed E-state index contributed by atoms with van der Waals surface area (Å²) in [6.07, 6.45) is 0.811. The second-order valence-corrected chi connectivity index (χ2v) is 3.83. The molecule has 0 saturated heterocycles. The standard InChI is InChI=1S/C11H14BrFO2/c1-2-14-6-3-7-15-9-4-5-10(12)11(13)8-9/h4-5,8H,2-3,6-7H2,1H3. The zero-order chi connectivity index (χ0) is 11.1. The lowest BCUT2D eigenvalue weighted by molar-refractivity contribution is 0.131. The summed E-state index contributed by atoms with van der Waals surface area (Å²) < 4.78 is 24.0. The van der Waals surface area contributed by atoms with E-state index in [1.54, 1.807) is 12.1 Å². The highest BCUT2D eigenvalue weighted by atomic mass is 79.9. The highest BCUT2D eigenvalue weighted by Gasteiger charge is 2.00. The summed E-state index contributed by atoms with van der Waals surface area (Å²) >= 11 is 3.08. The van der Waals surface area contributed by atoms with Crippen LogP contribution in [-0.2, 0) is 4.74 Å². The molecule has 4 heteroatoms. The number of rotatable bonds is 6. The van der Waals surface area contributed by atoms with Crippen LogP contribution in [0.1, 0.15) is 13.3 Å². The van der Waals surface area contributed by atoms with Gasteiger partial charge in [-0.05, 0) is 35.0 Å². The summed E-state index contributed by atoms with van der Waals surface area (Å²) in [5.74, 6) is 0.240. The lowest BCUT2D eigenvalue weighted by Crippen LogP contribution is -2.02. The molecule has 0 aliphatic heterocycles. The van der Waals surface area contributed by atoms with E-state index in [-0.39, 0.29) is 5.82 Å². The molecule has 1 aromatic rings. The van der Waals surface area contributed by atoms with Crippen molar-refractivity contribution in [2.45, 2.75) is 13.3 Å². The maximum Gasteiger partial charge on any atom is 0.141 e. The van der Waals surface area contributed by atoms with Crippen molar-refractivity contribution in [2.24, 2.45) is 0 Å². The fourth-order valence-corrected chi connectivity index (χ4v) is 1.31. The van der Waals surface area contributed by atoms with Crippen LogP contribution in [0.3, 0.4) is 0 Å². The number of halogens is 2. The SMILES string of the molecule is CCOCCCOc1ccc(Br)c(F)c1. The van der Waals surface area contributed by atoms with Crippen LogP contribution in [0.25, 0.3) is 0 Å². The molecule has 15 heavy (non-hydrogen) atoms. The van der Waals surface area contributed by atoms with E-state index in [0.29, 0.717) is 30.0 Å². The summed E-state index contributed by atoms with van der Waals surface area (Å²) in [7, 11) is 0. The van der Waals surface area contributed by atoms with Crippen molar-refractivity contribution in [2.75, 3.05) is 19.8 Å². The molecule has 0 radical (unpaired) electrons. The highest BCUT2D eigenvalue weighted by Crippen LogP contribution is 2.20. The predicted molar refractivity (Wildman–Crippen MR) is 60.7 cm³/mol. The van der Waals surface area contributed by atoms with Gasteiger partial charge in [-0.2, -0.15) is 0 Å². The lowest BCUT2D eigenvalue weighted by Gasteiger charge is -2.06. The highest BCUT2D eigenvalue weighted by molar-refractivity contribution is 9.10. The Bertz CT molecular complexity index is 305. The number of ether oxygens (including phenoxy) is 2. The van der Waals surface area contributed by atoms with Crippen molar-refractivity contribution in [3.8, 4) is 5.75 Å². The Morgan fingerprint density at radius 1 is 1.33 bits per heavy atom. The molecule has 2 nitrogen and oxygen atoms in total. The molecule has 0 N–H and O–H groups in total. The van der Waals surface area contributed by atoms with Gasteiger partial charge in [0.05, 0.1) is 11.1 Å². The maximum atomic E-state index is 13.1. The van der Waals surface area contributed by atoms with Crippen LogP contribution in [0.4, 0.5) is 4.39 Å². The topological polar surface area (TPSA) is 18.5 Å². The van der Waals surface area contributed by atoms with Crippen molar-refractivity contribution in [3.05, 3.63) is 28.5 Å². The van der Waals surface area contributed by atoms with Crippen molar-refractivity contribution in [3.63, 3.8) is 0 Å². The van der Waals surface area contributed by atoms with Crippen LogP contribution < -0.4 is 4.74 Å². The fraction of sp³-hybridized carbons (Fsp3) is 0.455. The minimum Gasteiger partial charge on any atom is -0.493 e. The smallest absolute Gasteiger partial charge is 0.141 e. The molecule has 0 amide bonds. The van der Waals surface area contributed by atoms with Crippen LogP contribution in [0.5, 0.6) is 5.75 Å². The summed E-state index contributed by atoms with van der Waals surface area (Å²) in [5, 5.41) is 0.